The number of aromatic nitrogens is 2. The van der Waals surface area contributed by atoms with Crippen LogP contribution in [0.3, 0.4) is 0 Å². The second kappa shape index (κ2) is 5.81. The first-order chi connectivity index (χ1) is 9.15. The third-order valence-electron chi connectivity index (χ3n) is 2.51. The van der Waals surface area contributed by atoms with E-state index < -0.39 is 5.97 Å². The summed E-state index contributed by atoms with van der Waals surface area (Å²) in [4.78, 5) is 22.3. The minimum absolute atomic E-state index is 0.114. The Morgan fingerprint density at radius 3 is 2.63 bits per heavy atom. The minimum atomic E-state index is -1.03. The molecule has 1 aromatic heterocycles. The molecule has 0 radical (unpaired) electrons. The van der Waals surface area contributed by atoms with E-state index in [1.54, 1.807) is 12.1 Å². The molecule has 0 aliphatic heterocycles. The standard InChI is InChI=1S/C13H13N3O3/c17-12(15-11-4-2-1-3-5-11)6-7-16-9-10(8-14-16)13(18)19/h1-5,8-9H,6-7H2,(H,15,17)(H,18,19). The fourth-order valence-electron chi connectivity index (χ4n) is 1.56. The zero-order valence-corrected chi connectivity index (χ0v) is 10.1. The highest BCUT2D eigenvalue weighted by Gasteiger charge is 2.07. The van der Waals surface area contributed by atoms with Crippen LogP contribution in [-0.4, -0.2) is 26.8 Å². The number of aryl methyl sites for hydroxylation is 1. The van der Waals surface area contributed by atoms with Crippen molar-refractivity contribution in [3.8, 4) is 0 Å². The first-order valence-corrected chi connectivity index (χ1v) is 5.76. The molecule has 0 unspecified atom stereocenters. The quantitative estimate of drug-likeness (QED) is 0.854. The van der Waals surface area contributed by atoms with Gasteiger partial charge in [0.2, 0.25) is 5.91 Å². The lowest BCUT2D eigenvalue weighted by molar-refractivity contribution is -0.116. The molecule has 0 saturated heterocycles. The number of hydrogen-bond donors (Lipinski definition) is 2. The van der Waals surface area contributed by atoms with E-state index in [0.29, 0.717) is 6.54 Å². The summed E-state index contributed by atoms with van der Waals surface area (Å²) in [6, 6.07) is 9.14. The zero-order chi connectivity index (χ0) is 13.7. The molecule has 2 aromatic rings. The number of hydrogen-bond acceptors (Lipinski definition) is 3. The molecule has 19 heavy (non-hydrogen) atoms. The van der Waals surface area contributed by atoms with Crippen LogP contribution in [0.15, 0.2) is 42.7 Å². The highest BCUT2D eigenvalue weighted by atomic mass is 16.4. The van der Waals surface area contributed by atoms with Crippen LogP contribution in [0.5, 0.6) is 0 Å². The topological polar surface area (TPSA) is 84.2 Å². The third-order valence-corrected chi connectivity index (χ3v) is 2.51. The van der Waals surface area contributed by atoms with Crippen LogP contribution in [0.2, 0.25) is 0 Å². The van der Waals surface area contributed by atoms with Crippen molar-refractivity contribution >= 4 is 17.6 Å². The molecule has 0 aliphatic rings. The monoisotopic (exact) mass is 259 g/mol. The van der Waals surface area contributed by atoms with Gasteiger partial charge in [0, 0.05) is 24.8 Å². The van der Waals surface area contributed by atoms with Crippen molar-refractivity contribution < 1.29 is 14.7 Å². The highest BCUT2D eigenvalue weighted by Crippen LogP contribution is 2.06. The maximum Gasteiger partial charge on any atom is 0.338 e. The lowest BCUT2D eigenvalue weighted by atomic mass is 10.3. The van der Waals surface area contributed by atoms with Crippen molar-refractivity contribution in [2.75, 3.05) is 5.32 Å². The van der Waals surface area contributed by atoms with Gasteiger partial charge in [-0.25, -0.2) is 4.79 Å². The summed E-state index contributed by atoms with van der Waals surface area (Å²) in [7, 11) is 0. The number of rotatable bonds is 5. The van der Waals surface area contributed by atoms with Crippen LogP contribution in [0.1, 0.15) is 16.8 Å². The van der Waals surface area contributed by atoms with Crippen molar-refractivity contribution in [2.45, 2.75) is 13.0 Å². The number of benzene rings is 1. The fourth-order valence-corrected chi connectivity index (χ4v) is 1.56. The predicted octanol–water partition coefficient (Wildman–Crippen LogP) is 1.61. The van der Waals surface area contributed by atoms with Gasteiger partial charge in [-0.1, -0.05) is 18.2 Å². The van der Waals surface area contributed by atoms with E-state index in [2.05, 4.69) is 10.4 Å². The van der Waals surface area contributed by atoms with E-state index in [1.807, 2.05) is 18.2 Å². The average molecular weight is 259 g/mol. The van der Waals surface area contributed by atoms with Crippen LogP contribution >= 0.6 is 0 Å². The zero-order valence-electron chi connectivity index (χ0n) is 10.1. The molecule has 1 heterocycles. The van der Waals surface area contributed by atoms with E-state index in [9.17, 15) is 9.59 Å². The van der Waals surface area contributed by atoms with Crippen LogP contribution < -0.4 is 5.32 Å². The molecule has 0 saturated carbocycles. The molecule has 2 N–H and O–H groups in total. The summed E-state index contributed by atoms with van der Waals surface area (Å²) in [5.74, 6) is -1.17. The van der Waals surface area contributed by atoms with Gasteiger partial charge < -0.3 is 10.4 Å². The number of nitrogens with zero attached hydrogens (tertiary/aromatic N) is 2. The Morgan fingerprint density at radius 2 is 2.00 bits per heavy atom. The molecule has 1 amide bonds. The maximum atomic E-state index is 11.7. The number of para-hydroxylation sites is 1. The third kappa shape index (κ3) is 3.67. The van der Waals surface area contributed by atoms with Crippen molar-refractivity contribution in [2.24, 2.45) is 0 Å². The van der Waals surface area contributed by atoms with Gasteiger partial charge in [0.05, 0.1) is 11.8 Å². The van der Waals surface area contributed by atoms with Gasteiger partial charge in [0.25, 0.3) is 0 Å². The summed E-state index contributed by atoms with van der Waals surface area (Å²) in [6.45, 7) is 0.339. The van der Waals surface area contributed by atoms with Crippen LogP contribution in [0, 0.1) is 0 Å². The number of aromatic carboxylic acids is 1. The molecule has 0 atom stereocenters. The molecule has 0 fully saturated rings. The van der Waals surface area contributed by atoms with Crippen molar-refractivity contribution in [3.63, 3.8) is 0 Å². The number of carbonyl (C=O) groups is 2. The average Bonchev–Trinajstić information content (AvgIpc) is 2.86. The molecule has 6 nitrogen and oxygen atoms in total. The van der Waals surface area contributed by atoms with Gasteiger partial charge >= 0.3 is 5.97 Å². The van der Waals surface area contributed by atoms with E-state index >= 15 is 0 Å². The van der Waals surface area contributed by atoms with E-state index in [4.69, 9.17) is 5.11 Å². The number of anilines is 1. The number of carboxylic acids is 1. The van der Waals surface area contributed by atoms with Gasteiger partial charge in [-0.05, 0) is 12.1 Å². The lowest BCUT2D eigenvalue weighted by Gasteiger charge is -2.04. The summed E-state index contributed by atoms with van der Waals surface area (Å²) in [5.41, 5.74) is 0.850. The number of carboxylic acid groups (broad SMARTS) is 1. The summed E-state index contributed by atoms with van der Waals surface area (Å²) in [5, 5.41) is 15.4. The summed E-state index contributed by atoms with van der Waals surface area (Å²) < 4.78 is 1.44. The molecule has 98 valence electrons. The molecule has 0 bridgehead atoms. The Hall–Kier alpha value is -2.63. The lowest BCUT2D eigenvalue weighted by Crippen LogP contribution is -2.14. The van der Waals surface area contributed by atoms with E-state index in [-0.39, 0.29) is 17.9 Å². The van der Waals surface area contributed by atoms with Crippen molar-refractivity contribution in [1.82, 2.24) is 9.78 Å². The van der Waals surface area contributed by atoms with Gasteiger partial charge in [-0.3, -0.25) is 9.48 Å². The normalized spacial score (nSPS) is 10.1. The van der Waals surface area contributed by atoms with Gasteiger partial charge in [0.15, 0.2) is 0 Å². The molecular weight excluding hydrogens is 246 g/mol. The van der Waals surface area contributed by atoms with Crippen molar-refractivity contribution in [1.29, 1.82) is 0 Å². The van der Waals surface area contributed by atoms with Gasteiger partial charge in [-0.2, -0.15) is 5.10 Å². The second-order valence-corrected chi connectivity index (χ2v) is 3.96. The molecule has 1 aromatic carbocycles. The predicted molar refractivity (Wildman–Crippen MR) is 68.9 cm³/mol. The van der Waals surface area contributed by atoms with Gasteiger partial charge in [-0.15, -0.1) is 0 Å². The fraction of sp³-hybridized carbons (Fsp3) is 0.154. The number of amides is 1. The smallest absolute Gasteiger partial charge is 0.338 e. The summed E-state index contributed by atoms with van der Waals surface area (Å²) in [6.07, 6.45) is 2.89. The molecule has 6 heteroatoms. The summed E-state index contributed by atoms with van der Waals surface area (Å²) >= 11 is 0. The second-order valence-electron chi connectivity index (χ2n) is 3.96. The Labute approximate surface area is 109 Å². The SMILES string of the molecule is O=C(CCn1cc(C(=O)O)cn1)Nc1ccccc1. The number of carbonyl (C=O) groups excluding carboxylic acids is 1. The molecular formula is C13H13N3O3. The largest absolute Gasteiger partial charge is 0.478 e. The van der Waals surface area contributed by atoms with E-state index in [0.717, 1.165) is 5.69 Å². The first-order valence-electron chi connectivity index (χ1n) is 5.76. The molecule has 2 rings (SSSR count). The Kier molecular flexibility index (Phi) is 3.92. The Morgan fingerprint density at radius 1 is 1.26 bits per heavy atom. The van der Waals surface area contributed by atoms with Crippen LogP contribution in [0.4, 0.5) is 5.69 Å². The number of nitrogens with one attached hydrogen (secondary N) is 1. The Bertz CT molecular complexity index is 578. The minimum Gasteiger partial charge on any atom is -0.478 e. The van der Waals surface area contributed by atoms with Gasteiger partial charge in [0.1, 0.15) is 0 Å². The van der Waals surface area contributed by atoms with Crippen LogP contribution in [0.25, 0.3) is 0 Å². The van der Waals surface area contributed by atoms with Crippen molar-refractivity contribution in [3.05, 3.63) is 48.3 Å². The Balaban J connectivity index is 1.84. The molecule has 0 spiro atoms. The van der Waals surface area contributed by atoms with E-state index in [1.165, 1.54) is 17.1 Å². The maximum absolute atomic E-state index is 11.7. The molecule has 0 aliphatic carbocycles. The van der Waals surface area contributed by atoms with Crippen LogP contribution in [-0.2, 0) is 11.3 Å². The highest BCUT2D eigenvalue weighted by molar-refractivity contribution is 5.90. The first kappa shape index (κ1) is 12.8.